The first-order valence-corrected chi connectivity index (χ1v) is 2.80. The Morgan fingerprint density at radius 3 is 2.20 bits per heavy atom. The van der Waals surface area contributed by atoms with Crippen LogP contribution in [0.25, 0.3) is 0 Å². The second-order valence-corrected chi connectivity index (χ2v) is 2.15. The van der Waals surface area contributed by atoms with Gasteiger partial charge in [0.1, 0.15) is 0 Å². The van der Waals surface area contributed by atoms with Crippen LogP contribution < -0.4 is 0 Å². The van der Waals surface area contributed by atoms with E-state index < -0.39 is 4.18 Å². The highest BCUT2D eigenvalue weighted by Crippen LogP contribution is 2.03. The van der Waals surface area contributed by atoms with Crippen LogP contribution in [0, 0.1) is 0 Å². The van der Waals surface area contributed by atoms with Crippen molar-refractivity contribution < 1.29 is 4.39 Å². The Bertz CT molecular complexity index is 20.9. The van der Waals surface area contributed by atoms with E-state index >= 15 is 0 Å². The molecule has 0 aliphatic heterocycles. The van der Waals surface area contributed by atoms with Gasteiger partial charge in [0, 0.05) is 0 Å². The van der Waals surface area contributed by atoms with Gasteiger partial charge in [0.2, 0.25) is 0 Å². The van der Waals surface area contributed by atoms with Crippen LogP contribution >= 0.6 is 22.6 Å². The maximum atomic E-state index is 11.4. The SMILES string of the molecule is CC[C@@H](F)I. The zero-order valence-corrected chi connectivity index (χ0v) is 5.20. The van der Waals surface area contributed by atoms with Crippen molar-refractivity contribution in [1.82, 2.24) is 0 Å². The average Bonchev–Trinajstić information content (AvgIpc) is 1.38. The van der Waals surface area contributed by atoms with Gasteiger partial charge < -0.3 is 0 Å². The molecule has 0 saturated heterocycles. The van der Waals surface area contributed by atoms with Crippen molar-refractivity contribution in [3.8, 4) is 0 Å². The fraction of sp³-hybridized carbons (Fsp3) is 1.00. The summed E-state index contributed by atoms with van der Waals surface area (Å²) in [7, 11) is 0. The van der Waals surface area contributed by atoms with Gasteiger partial charge >= 0.3 is 0 Å². The molecule has 0 radical (unpaired) electrons. The number of alkyl halides is 2. The van der Waals surface area contributed by atoms with Crippen molar-refractivity contribution in [2.45, 2.75) is 17.5 Å². The van der Waals surface area contributed by atoms with Crippen molar-refractivity contribution in [2.24, 2.45) is 0 Å². The van der Waals surface area contributed by atoms with Crippen LogP contribution in [-0.2, 0) is 0 Å². The molecule has 0 aliphatic rings. The minimum atomic E-state index is -0.646. The van der Waals surface area contributed by atoms with Crippen molar-refractivity contribution in [3.63, 3.8) is 0 Å². The molecule has 0 aromatic heterocycles. The molecule has 5 heavy (non-hydrogen) atoms. The topological polar surface area (TPSA) is 0 Å². The molecule has 0 heterocycles. The van der Waals surface area contributed by atoms with Crippen molar-refractivity contribution >= 4 is 22.6 Å². The summed E-state index contributed by atoms with van der Waals surface area (Å²) in [6.45, 7) is 1.82. The van der Waals surface area contributed by atoms with E-state index in [1.54, 1.807) is 22.6 Å². The summed E-state index contributed by atoms with van der Waals surface area (Å²) in [5.74, 6) is 0. The molecule has 0 bridgehead atoms. The molecule has 0 saturated carbocycles. The first kappa shape index (κ1) is 5.66. The summed E-state index contributed by atoms with van der Waals surface area (Å²) >= 11 is 1.74. The molecule has 1 atom stereocenters. The summed E-state index contributed by atoms with van der Waals surface area (Å²) in [4.78, 5) is 0. The van der Waals surface area contributed by atoms with E-state index in [-0.39, 0.29) is 0 Å². The molecule has 0 fully saturated rings. The number of hydrogen-bond donors (Lipinski definition) is 0. The molecule has 0 unspecified atom stereocenters. The van der Waals surface area contributed by atoms with Gasteiger partial charge in [-0.15, -0.1) is 0 Å². The lowest BCUT2D eigenvalue weighted by Crippen LogP contribution is -1.76. The standard InChI is InChI=1S/C3H6FI/c1-2-3(4)5/h3H,2H2,1H3/t3-/m0/s1. The molecule has 0 N–H and O–H groups in total. The van der Waals surface area contributed by atoms with Crippen molar-refractivity contribution in [1.29, 1.82) is 0 Å². The summed E-state index contributed by atoms with van der Waals surface area (Å²) < 4.78 is 10.8. The molecule has 0 aromatic carbocycles. The second-order valence-electron chi connectivity index (χ2n) is 0.799. The van der Waals surface area contributed by atoms with Gasteiger partial charge in [-0.25, -0.2) is 4.39 Å². The van der Waals surface area contributed by atoms with Gasteiger partial charge in [0.15, 0.2) is 4.18 Å². The summed E-state index contributed by atoms with van der Waals surface area (Å²) in [6, 6.07) is 0. The Kier molecular flexibility index (Phi) is 3.25. The third-order valence-corrected chi connectivity index (χ3v) is 1.19. The smallest absolute Gasteiger partial charge is 0.150 e. The highest BCUT2D eigenvalue weighted by Gasteiger charge is 1.88. The molecular weight excluding hydrogens is 182 g/mol. The van der Waals surface area contributed by atoms with Crippen molar-refractivity contribution in [2.75, 3.05) is 0 Å². The van der Waals surface area contributed by atoms with Gasteiger partial charge in [0.25, 0.3) is 0 Å². The predicted molar refractivity (Wildman–Crippen MR) is 29.2 cm³/mol. The Morgan fingerprint density at radius 1 is 2.00 bits per heavy atom. The maximum Gasteiger partial charge on any atom is 0.150 e. The van der Waals surface area contributed by atoms with Gasteiger partial charge in [0.05, 0.1) is 0 Å². The minimum Gasteiger partial charge on any atom is -0.236 e. The third-order valence-electron chi connectivity index (χ3n) is 0.309. The van der Waals surface area contributed by atoms with E-state index in [1.807, 2.05) is 6.92 Å². The normalized spacial score (nSPS) is 15.0. The number of hydrogen-bond acceptors (Lipinski definition) is 0. The molecular formula is C3H6FI. The van der Waals surface area contributed by atoms with E-state index in [9.17, 15) is 4.39 Å². The van der Waals surface area contributed by atoms with Crippen LogP contribution in [0.5, 0.6) is 0 Å². The largest absolute Gasteiger partial charge is 0.236 e. The molecule has 0 amide bonds. The van der Waals surface area contributed by atoms with Crippen LogP contribution in [0.3, 0.4) is 0 Å². The summed E-state index contributed by atoms with van der Waals surface area (Å²) in [5.41, 5.74) is 0. The van der Waals surface area contributed by atoms with Gasteiger partial charge in [-0.1, -0.05) is 6.92 Å². The van der Waals surface area contributed by atoms with E-state index in [1.165, 1.54) is 0 Å². The van der Waals surface area contributed by atoms with E-state index in [2.05, 4.69) is 0 Å². The van der Waals surface area contributed by atoms with Crippen LogP contribution in [0.2, 0.25) is 0 Å². The molecule has 32 valence electrons. The monoisotopic (exact) mass is 188 g/mol. The number of rotatable bonds is 1. The Morgan fingerprint density at radius 2 is 2.20 bits per heavy atom. The first-order chi connectivity index (χ1) is 2.27. The zero-order chi connectivity index (χ0) is 4.28. The van der Waals surface area contributed by atoms with E-state index in [0.717, 1.165) is 0 Å². The minimum absolute atomic E-state index is 0.626. The summed E-state index contributed by atoms with van der Waals surface area (Å²) in [5, 5.41) is 0. The van der Waals surface area contributed by atoms with Gasteiger partial charge in [-0.2, -0.15) is 0 Å². The third kappa shape index (κ3) is 4.66. The van der Waals surface area contributed by atoms with Crippen molar-refractivity contribution in [3.05, 3.63) is 0 Å². The van der Waals surface area contributed by atoms with Crippen LogP contribution in [0.4, 0.5) is 4.39 Å². The fourth-order valence-corrected chi connectivity index (χ4v) is 0. The van der Waals surface area contributed by atoms with Gasteiger partial charge in [-0.05, 0) is 29.0 Å². The molecule has 0 aliphatic carbocycles. The molecule has 0 aromatic rings. The lowest BCUT2D eigenvalue weighted by atomic mass is 10.6. The lowest BCUT2D eigenvalue weighted by Gasteiger charge is -1.83. The highest BCUT2D eigenvalue weighted by atomic mass is 127. The van der Waals surface area contributed by atoms with Crippen LogP contribution in [0.1, 0.15) is 13.3 Å². The molecule has 2 heteroatoms. The number of halogens is 2. The Balaban J connectivity index is 2.54. The van der Waals surface area contributed by atoms with Crippen LogP contribution in [-0.4, -0.2) is 4.18 Å². The molecule has 0 rings (SSSR count). The molecule has 0 nitrogen and oxygen atoms in total. The predicted octanol–water partition coefficient (Wildman–Crippen LogP) is 2.13. The van der Waals surface area contributed by atoms with Crippen LogP contribution in [0.15, 0.2) is 0 Å². The zero-order valence-electron chi connectivity index (χ0n) is 3.04. The quantitative estimate of drug-likeness (QED) is 0.436. The van der Waals surface area contributed by atoms with E-state index in [0.29, 0.717) is 6.42 Å². The van der Waals surface area contributed by atoms with Gasteiger partial charge in [-0.3, -0.25) is 0 Å². The van der Waals surface area contributed by atoms with E-state index in [4.69, 9.17) is 0 Å². The lowest BCUT2D eigenvalue weighted by molar-refractivity contribution is 0.463. The maximum absolute atomic E-state index is 11.4. The average molecular weight is 188 g/mol. The fourth-order valence-electron chi connectivity index (χ4n) is 0. The Labute approximate surface area is 44.9 Å². The highest BCUT2D eigenvalue weighted by molar-refractivity contribution is 14.1. The summed E-state index contributed by atoms with van der Waals surface area (Å²) in [6.07, 6.45) is 0.626. The first-order valence-electron chi connectivity index (χ1n) is 1.55. The second kappa shape index (κ2) is 2.87. The molecule has 0 spiro atoms. The Hall–Kier alpha value is 0.660.